The molecule has 1 atom stereocenters. The van der Waals surface area contributed by atoms with Gasteiger partial charge in [0.15, 0.2) is 10.1 Å². The number of nitriles is 1. The molecule has 8 nitrogen and oxygen atoms in total. The van der Waals surface area contributed by atoms with Crippen LogP contribution in [0.3, 0.4) is 0 Å². The first-order chi connectivity index (χ1) is 19.5. The number of para-hydroxylation sites is 1. The summed E-state index contributed by atoms with van der Waals surface area (Å²) >= 11 is 21.0. The van der Waals surface area contributed by atoms with Crippen LogP contribution in [-0.2, 0) is 9.59 Å². The number of nitrogens with two attached hydrogens (primary N) is 1. The molecule has 210 valence electrons. The van der Waals surface area contributed by atoms with Gasteiger partial charge in [0.05, 0.1) is 44.1 Å². The van der Waals surface area contributed by atoms with Crippen LogP contribution in [0.4, 0.5) is 10.8 Å². The van der Waals surface area contributed by atoms with E-state index in [0.717, 1.165) is 0 Å². The van der Waals surface area contributed by atoms with Gasteiger partial charge in [-0.1, -0.05) is 89.9 Å². The average Bonchev–Trinajstić information content (AvgIpc) is 3.37. The molecule has 5 rings (SSSR count). The van der Waals surface area contributed by atoms with Gasteiger partial charge >= 0.3 is 0 Å². The fourth-order valence-electron chi connectivity index (χ4n) is 4.98. The molecule has 0 fully saturated rings. The predicted molar refractivity (Wildman–Crippen MR) is 164 cm³/mol. The number of carbonyl (C=O) groups excluding carboxylic acids is 2. The lowest BCUT2D eigenvalue weighted by atomic mass is 9.69. The molecule has 0 saturated carbocycles. The summed E-state index contributed by atoms with van der Waals surface area (Å²) in [6.45, 7) is 4.03. The summed E-state index contributed by atoms with van der Waals surface area (Å²) in [7, 11) is 0. The summed E-state index contributed by atoms with van der Waals surface area (Å²) in [6.07, 6.45) is 0.835. The maximum absolute atomic E-state index is 13.7. The molecule has 41 heavy (non-hydrogen) atoms. The van der Waals surface area contributed by atoms with Crippen LogP contribution >= 0.6 is 57.9 Å². The number of amides is 1. The molecule has 1 aromatic heterocycles. The van der Waals surface area contributed by atoms with Gasteiger partial charge in [0.1, 0.15) is 5.82 Å². The van der Waals surface area contributed by atoms with Gasteiger partial charge in [0.2, 0.25) is 11.0 Å². The topological polar surface area (TPSA) is 125 Å². The van der Waals surface area contributed by atoms with Crippen LogP contribution in [0.5, 0.6) is 0 Å². The lowest BCUT2D eigenvalue weighted by Crippen LogP contribution is -2.42. The minimum absolute atomic E-state index is 0.0760. The number of hydrogen-bond donors (Lipinski definition) is 2. The van der Waals surface area contributed by atoms with Crippen molar-refractivity contribution >= 4 is 80.4 Å². The maximum Gasteiger partial charge on any atom is 0.234 e. The molecule has 2 aromatic carbocycles. The van der Waals surface area contributed by atoms with E-state index in [0.29, 0.717) is 59.9 Å². The normalized spacial score (nSPS) is 18.3. The molecular weight excluding hydrogens is 623 g/mol. The quantitative estimate of drug-likeness (QED) is 0.270. The highest BCUT2D eigenvalue weighted by Crippen LogP contribution is 2.51. The van der Waals surface area contributed by atoms with E-state index >= 15 is 0 Å². The Kier molecular flexibility index (Phi) is 8.37. The molecule has 13 heteroatoms. The van der Waals surface area contributed by atoms with Crippen LogP contribution < -0.4 is 16.0 Å². The van der Waals surface area contributed by atoms with Gasteiger partial charge in [-0.2, -0.15) is 5.26 Å². The Morgan fingerprint density at radius 3 is 2.63 bits per heavy atom. The molecule has 2 aliphatic rings. The van der Waals surface area contributed by atoms with Crippen LogP contribution in [0.25, 0.3) is 0 Å². The Balaban J connectivity index is 1.48. The molecule has 3 N–H and O–H groups in total. The van der Waals surface area contributed by atoms with Crippen molar-refractivity contribution in [2.75, 3.05) is 16.0 Å². The summed E-state index contributed by atoms with van der Waals surface area (Å²) in [5.74, 6) is -0.782. The number of rotatable bonds is 6. The minimum atomic E-state index is -0.695. The third-order valence-corrected chi connectivity index (χ3v) is 9.83. The summed E-state index contributed by atoms with van der Waals surface area (Å²) in [5, 5.41) is 23.1. The number of hydrogen-bond acceptors (Lipinski definition) is 9. The lowest BCUT2D eigenvalue weighted by molar-refractivity contribution is -0.118. The molecule has 0 radical (unpaired) electrons. The molecule has 0 bridgehead atoms. The largest absolute Gasteiger partial charge is 0.384 e. The number of Topliss-reactive ketones (excluding diaryl/α,β-unsaturated/α-hetero) is 1. The van der Waals surface area contributed by atoms with E-state index in [-0.39, 0.29) is 34.3 Å². The van der Waals surface area contributed by atoms with Crippen molar-refractivity contribution < 1.29 is 9.59 Å². The molecular formula is C28H23Cl3N6O2S2. The van der Waals surface area contributed by atoms with Crippen molar-refractivity contribution in [2.45, 2.75) is 36.9 Å². The monoisotopic (exact) mass is 644 g/mol. The van der Waals surface area contributed by atoms with Gasteiger partial charge in [-0.25, -0.2) is 0 Å². The maximum atomic E-state index is 13.7. The number of carbonyl (C=O) groups is 2. The first kappa shape index (κ1) is 29.4. The highest BCUT2D eigenvalue weighted by Gasteiger charge is 2.45. The van der Waals surface area contributed by atoms with Crippen LogP contribution in [0.15, 0.2) is 69.5 Å². The van der Waals surface area contributed by atoms with E-state index < -0.39 is 5.92 Å². The number of benzene rings is 2. The highest BCUT2D eigenvalue weighted by molar-refractivity contribution is 8.01. The van der Waals surface area contributed by atoms with E-state index in [2.05, 4.69) is 21.6 Å². The SMILES string of the molecule is CC1(C)CC(=O)C2=C(C1)N(c1nnc(SCC(=O)Nc3ccccc3Cl)s1)C(N)=C(C#N)C2c1ccc(Cl)c(Cl)c1. The second-order valence-corrected chi connectivity index (χ2v) is 13.7. The fraction of sp³-hybridized carbons (Fsp3) is 0.250. The minimum Gasteiger partial charge on any atom is -0.384 e. The number of anilines is 2. The van der Waals surface area contributed by atoms with Gasteiger partial charge in [0, 0.05) is 17.7 Å². The van der Waals surface area contributed by atoms with Crippen molar-refractivity contribution in [3.8, 4) is 6.07 Å². The Hall–Kier alpha value is -3.07. The van der Waals surface area contributed by atoms with Gasteiger partial charge < -0.3 is 11.1 Å². The fourth-order valence-corrected chi connectivity index (χ4v) is 7.15. The van der Waals surface area contributed by atoms with E-state index in [9.17, 15) is 14.9 Å². The summed E-state index contributed by atoms with van der Waals surface area (Å²) < 4.78 is 0.524. The van der Waals surface area contributed by atoms with Gasteiger partial charge in [0.25, 0.3) is 0 Å². The first-order valence-corrected chi connectivity index (χ1v) is 15.3. The number of nitrogens with zero attached hydrogens (tertiary/aromatic N) is 4. The van der Waals surface area contributed by atoms with Gasteiger partial charge in [-0.3, -0.25) is 14.5 Å². The molecule has 1 aliphatic carbocycles. The van der Waals surface area contributed by atoms with E-state index in [4.69, 9.17) is 40.5 Å². The highest BCUT2D eigenvalue weighted by atomic mass is 35.5. The predicted octanol–water partition coefficient (Wildman–Crippen LogP) is 7.17. The molecule has 2 heterocycles. The Morgan fingerprint density at radius 1 is 1.17 bits per heavy atom. The lowest BCUT2D eigenvalue weighted by Gasteiger charge is -2.42. The average molecular weight is 646 g/mol. The smallest absolute Gasteiger partial charge is 0.234 e. The number of aromatic nitrogens is 2. The zero-order chi connectivity index (χ0) is 29.5. The summed E-state index contributed by atoms with van der Waals surface area (Å²) in [5.41, 5.74) is 8.85. The van der Waals surface area contributed by atoms with Crippen molar-refractivity contribution in [2.24, 2.45) is 11.1 Å². The van der Waals surface area contributed by atoms with Crippen molar-refractivity contribution in [3.63, 3.8) is 0 Å². The summed E-state index contributed by atoms with van der Waals surface area (Å²) in [4.78, 5) is 27.9. The Bertz CT molecular complexity index is 1680. The molecule has 0 saturated heterocycles. The van der Waals surface area contributed by atoms with Gasteiger partial charge in [-0.15, -0.1) is 10.2 Å². The third-order valence-electron chi connectivity index (χ3n) is 6.72. The second-order valence-electron chi connectivity index (χ2n) is 10.3. The number of ketones is 1. The van der Waals surface area contributed by atoms with E-state index in [1.807, 2.05) is 13.8 Å². The number of halogens is 3. The third kappa shape index (κ3) is 5.96. The van der Waals surface area contributed by atoms with Crippen LogP contribution in [0.2, 0.25) is 15.1 Å². The van der Waals surface area contributed by atoms with Crippen LogP contribution in [0, 0.1) is 16.7 Å². The standard InChI is InChI=1S/C28H23Cl3N6O2S2/c1-28(2)10-20-24(21(38)11-28)23(14-7-8-16(29)18(31)9-14)15(12-32)25(33)37(20)26-35-36-27(41-26)40-13-22(39)34-19-6-4-3-5-17(19)30/h3-9,23H,10-11,13,33H2,1-2H3,(H,34,39). The zero-order valence-corrected chi connectivity index (χ0v) is 25.8. The molecule has 3 aromatic rings. The number of allylic oxidation sites excluding steroid dienone is 3. The summed E-state index contributed by atoms with van der Waals surface area (Å²) in [6, 6.07) is 14.3. The van der Waals surface area contributed by atoms with E-state index in [1.54, 1.807) is 47.4 Å². The Labute approximate surface area is 260 Å². The van der Waals surface area contributed by atoms with Gasteiger partial charge in [-0.05, 0) is 41.7 Å². The number of nitrogens with one attached hydrogen (secondary N) is 1. The molecule has 0 spiro atoms. The van der Waals surface area contributed by atoms with Crippen LogP contribution in [0.1, 0.15) is 38.2 Å². The van der Waals surface area contributed by atoms with E-state index in [1.165, 1.54) is 23.1 Å². The molecule has 1 amide bonds. The van der Waals surface area contributed by atoms with Crippen molar-refractivity contribution in [3.05, 3.63) is 85.8 Å². The first-order valence-electron chi connectivity index (χ1n) is 12.4. The molecule has 1 unspecified atom stereocenters. The number of thioether (sulfide) groups is 1. The molecule has 1 aliphatic heterocycles. The van der Waals surface area contributed by atoms with Crippen molar-refractivity contribution in [1.29, 1.82) is 5.26 Å². The second kappa shape index (κ2) is 11.7. The van der Waals surface area contributed by atoms with Crippen LogP contribution in [-0.4, -0.2) is 27.6 Å². The van der Waals surface area contributed by atoms with Crippen molar-refractivity contribution in [1.82, 2.24) is 10.2 Å². The Morgan fingerprint density at radius 2 is 1.93 bits per heavy atom. The zero-order valence-electron chi connectivity index (χ0n) is 21.9.